The summed E-state index contributed by atoms with van der Waals surface area (Å²) in [5.74, 6) is 1.79. The molecular weight excluding hydrogens is 660 g/mol. The van der Waals surface area contributed by atoms with Crippen molar-refractivity contribution in [3.05, 3.63) is 0 Å². The molecule has 0 radical (unpaired) electrons. The predicted molar refractivity (Wildman–Crippen MR) is 186 cm³/mol. The Labute approximate surface area is 304 Å². The molecule has 0 amide bonds. The molecule has 2 aliphatic heterocycles. The van der Waals surface area contributed by atoms with Crippen molar-refractivity contribution in [2.45, 2.75) is 166 Å². The molecule has 6 aliphatic rings. The molecule has 6 fully saturated rings. The van der Waals surface area contributed by atoms with Gasteiger partial charge >= 0.3 is 0 Å². The molecule has 0 spiro atoms. The number of aliphatic hydroxyl groups is 6. The van der Waals surface area contributed by atoms with Gasteiger partial charge < -0.3 is 59.1 Å². The average molecular weight is 729 g/mol. The fraction of sp³-hybridized carbons (Fsp3) is 1.00. The van der Waals surface area contributed by atoms with Crippen LogP contribution in [0.15, 0.2) is 0 Å². The van der Waals surface area contributed by atoms with E-state index < -0.39 is 68.0 Å². The van der Waals surface area contributed by atoms with Gasteiger partial charge in [0.15, 0.2) is 12.6 Å². The average Bonchev–Trinajstić information content (AvgIpc) is 3.54. The number of aliphatic hydroxyl groups excluding tert-OH is 6. The molecule has 2 saturated heterocycles. The summed E-state index contributed by atoms with van der Waals surface area (Å²) < 4.78 is 35.5. The smallest absolute Gasteiger partial charge is 0.187 e. The lowest BCUT2D eigenvalue weighted by Gasteiger charge is -2.62. The molecule has 0 unspecified atom stereocenters. The van der Waals surface area contributed by atoms with Crippen LogP contribution in [0, 0.1) is 52.3 Å². The minimum atomic E-state index is -1.19. The summed E-state index contributed by atoms with van der Waals surface area (Å²) in [5, 5.41) is 65.5. The standard InChI is InChI=1S/C39H68O12/c1-19(2)28(49-37-35(32(44)29(17-40)50-37)51-36-34(47-7)33(45)30(46-6)18-48-36)9-8-20(3)24-16-27(43)31-22-15-26(42)25-14-21(41)10-12-38(25,4)23(22)11-13-39(24,31)5/h19-37,40-45H,8-18H2,1-7H3/t20-,21+,22-,23+,24-,25-,26+,27-,28+,29-,30-,31-,32+,33+,34-,35-,36+,37-,38-,39-/m1/s1. The van der Waals surface area contributed by atoms with E-state index in [4.69, 9.17) is 28.4 Å². The van der Waals surface area contributed by atoms with Crippen molar-refractivity contribution in [3.8, 4) is 0 Å². The summed E-state index contributed by atoms with van der Waals surface area (Å²) in [6, 6.07) is 0. The minimum Gasteiger partial charge on any atom is -0.394 e. The molecule has 0 aromatic carbocycles. The summed E-state index contributed by atoms with van der Waals surface area (Å²) in [6.45, 7) is 10.9. The Bertz CT molecular complexity index is 1140. The Morgan fingerprint density at radius 3 is 2.18 bits per heavy atom. The van der Waals surface area contributed by atoms with Gasteiger partial charge in [0.2, 0.25) is 0 Å². The molecule has 12 nitrogen and oxygen atoms in total. The summed E-state index contributed by atoms with van der Waals surface area (Å²) >= 11 is 0. The Kier molecular flexibility index (Phi) is 12.6. The second-order valence-corrected chi connectivity index (χ2v) is 18.1. The minimum absolute atomic E-state index is 0.000367. The van der Waals surface area contributed by atoms with E-state index in [9.17, 15) is 30.6 Å². The third-order valence-corrected chi connectivity index (χ3v) is 15.1. The normalized spacial score (nSPS) is 51.2. The van der Waals surface area contributed by atoms with E-state index in [-0.39, 0.29) is 53.3 Å². The van der Waals surface area contributed by atoms with Gasteiger partial charge in [0.05, 0.1) is 37.6 Å². The highest BCUT2D eigenvalue weighted by molar-refractivity contribution is 5.13. The van der Waals surface area contributed by atoms with Crippen molar-refractivity contribution in [1.82, 2.24) is 0 Å². The van der Waals surface area contributed by atoms with Gasteiger partial charge in [-0.25, -0.2) is 0 Å². The van der Waals surface area contributed by atoms with Crippen LogP contribution in [0.5, 0.6) is 0 Å². The molecule has 20 atom stereocenters. The molecule has 0 aromatic rings. The summed E-state index contributed by atoms with van der Waals surface area (Å²) in [6.07, 6.45) is -1.26. The van der Waals surface area contributed by atoms with Gasteiger partial charge in [0, 0.05) is 14.2 Å². The molecule has 51 heavy (non-hydrogen) atoms. The molecule has 4 saturated carbocycles. The Morgan fingerprint density at radius 1 is 0.784 bits per heavy atom. The molecule has 4 aliphatic carbocycles. The van der Waals surface area contributed by atoms with E-state index in [0.717, 1.165) is 44.9 Å². The SMILES string of the molecule is CO[C@H]1[C@H](O[C@H]2[C@H](O[C@@H](CC[C@@H](C)[C@H]3C[C@@H](O)[C@H]4[C@@H]5C[C@H](O)[C@H]6C[C@@H](O)CC[C@]6(C)[C@H]5CC[C@@]43C)C(C)C)O[C@H](CO)[C@@H]2O)OC[C@@H](OC)[C@@H]1O. The lowest BCUT2D eigenvalue weighted by atomic mass is 9.43. The molecule has 0 aromatic heterocycles. The second-order valence-electron chi connectivity index (χ2n) is 18.1. The topological polar surface area (TPSA) is 177 Å². The molecule has 2 heterocycles. The second kappa shape index (κ2) is 15.9. The fourth-order valence-electron chi connectivity index (χ4n) is 12.2. The van der Waals surface area contributed by atoms with Gasteiger partial charge in [-0.3, -0.25) is 0 Å². The van der Waals surface area contributed by atoms with Crippen LogP contribution in [0.1, 0.15) is 92.4 Å². The third kappa shape index (κ3) is 7.33. The lowest BCUT2D eigenvalue weighted by molar-refractivity contribution is -0.313. The number of rotatable bonds is 12. The van der Waals surface area contributed by atoms with Crippen LogP contribution in [0.3, 0.4) is 0 Å². The number of ether oxygens (including phenoxy) is 6. The van der Waals surface area contributed by atoms with Gasteiger partial charge in [-0.15, -0.1) is 0 Å². The van der Waals surface area contributed by atoms with Gasteiger partial charge in [-0.1, -0.05) is 34.6 Å². The van der Waals surface area contributed by atoms with Crippen molar-refractivity contribution >= 4 is 0 Å². The molecule has 0 bridgehead atoms. The van der Waals surface area contributed by atoms with Crippen molar-refractivity contribution in [3.63, 3.8) is 0 Å². The maximum Gasteiger partial charge on any atom is 0.187 e. The Balaban J connectivity index is 1.11. The zero-order valence-electron chi connectivity index (χ0n) is 31.9. The van der Waals surface area contributed by atoms with Crippen LogP contribution < -0.4 is 0 Å². The maximum absolute atomic E-state index is 11.8. The van der Waals surface area contributed by atoms with E-state index in [1.165, 1.54) is 14.2 Å². The Morgan fingerprint density at radius 2 is 1.51 bits per heavy atom. The van der Waals surface area contributed by atoms with Gasteiger partial charge in [0.1, 0.15) is 36.6 Å². The molecule has 6 rings (SSSR count). The van der Waals surface area contributed by atoms with Crippen LogP contribution in [0.2, 0.25) is 0 Å². The van der Waals surface area contributed by atoms with Crippen LogP contribution in [-0.2, 0) is 28.4 Å². The molecular formula is C39H68O12. The number of hydrogen-bond donors (Lipinski definition) is 6. The van der Waals surface area contributed by atoms with Crippen molar-refractivity contribution in [2.75, 3.05) is 27.4 Å². The van der Waals surface area contributed by atoms with Crippen molar-refractivity contribution in [2.24, 2.45) is 52.3 Å². The highest BCUT2D eigenvalue weighted by atomic mass is 16.8. The number of fused-ring (bicyclic) bond motifs is 5. The van der Waals surface area contributed by atoms with E-state index in [0.29, 0.717) is 30.6 Å². The van der Waals surface area contributed by atoms with E-state index in [2.05, 4.69) is 34.6 Å². The van der Waals surface area contributed by atoms with E-state index in [1.54, 1.807) is 0 Å². The first-order valence-electron chi connectivity index (χ1n) is 19.8. The molecule has 12 heteroatoms. The van der Waals surface area contributed by atoms with Gasteiger partial charge in [-0.05, 0) is 110 Å². The largest absolute Gasteiger partial charge is 0.394 e. The Hall–Kier alpha value is -0.480. The van der Waals surface area contributed by atoms with Crippen molar-refractivity contribution < 1.29 is 59.1 Å². The monoisotopic (exact) mass is 728 g/mol. The number of hydrogen-bond acceptors (Lipinski definition) is 12. The van der Waals surface area contributed by atoms with Crippen LogP contribution in [-0.4, -0.2) is 132 Å². The zero-order chi connectivity index (χ0) is 37.0. The zero-order valence-corrected chi connectivity index (χ0v) is 31.9. The summed E-state index contributed by atoms with van der Waals surface area (Å²) in [5.41, 5.74) is -0.0259. The molecule has 296 valence electrons. The first kappa shape index (κ1) is 40.2. The summed E-state index contributed by atoms with van der Waals surface area (Å²) in [4.78, 5) is 0. The van der Waals surface area contributed by atoms with Gasteiger partial charge in [-0.2, -0.15) is 0 Å². The summed E-state index contributed by atoms with van der Waals surface area (Å²) in [7, 11) is 2.93. The first-order chi connectivity index (χ1) is 24.2. The fourth-order valence-corrected chi connectivity index (χ4v) is 12.2. The maximum atomic E-state index is 11.8. The predicted octanol–water partition coefficient (Wildman–Crippen LogP) is 2.62. The third-order valence-electron chi connectivity index (χ3n) is 15.1. The van der Waals surface area contributed by atoms with E-state index >= 15 is 0 Å². The quantitative estimate of drug-likeness (QED) is 0.174. The van der Waals surface area contributed by atoms with Crippen LogP contribution in [0.4, 0.5) is 0 Å². The number of methoxy groups -OCH3 is 2. The first-order valence-corrected chi connectivity index (χ1v) is 19.8. The van der Waals surface area contributed by atoms with E-state index in [1.807, 2.05) is 0 Å². The van der Waals surface area contributed by atoms with Crippen LogP contribution >= 0.6 is 0 Å². The lowest BCUT2D eigenvalue weighted by Crippen LogP contribution is -2.59. The van der Waals surface area contributed by atoms with Crippen molar-refractivity contribution in [1.29, 1.82) is 0 Å². The molecule has 6 N–H and O–H groups in total. The highest BCUT2D eigenvalue weighted by Crippen LogP contribution is 2.68. The van der Waals surface area contributed by atoms with Crippen LogP contribution in [0.25, 0.3) is 0 Å². The highest BCUT2D eigenvalue weighted by Gasteiger charge is 2.64. The van der Waals surface area contributed by atoms with Gasteiger partial charge in [0.25, 0.3) is 0 Å².